The number of aromatic nitrogens is 2. The number of rotatable bonds is 8. The summed E-state index contributed by atoms with van der Waals surface area (Å²) in [6, 6.07) is 14.0. The molecule has 0 unspecified atom stereocenters. The summed E-state index contributed by atoms with van der Waals surface area (Å²) < 4.78 is 22.2. The zero-order chi connectivity index (χ0) is 20.8. The Morgan fingerprint density at radius 3 is 2.31 bits per heavy atom. The first-order chi connectivity index (χ1) is 14.1. The van der Waals surface area contributed by atoms with E-state index in [1.807, 2.05) is 30.3 Å². The van der Waals surface area contributed by atoms with Crippen molar-refractivity contribution in [2.24, 2.45) is 0 Å². The highest BCUT2D eigenvalue weighted by atomic mass is 16.5. The third-order valence-electron chi connectivity index (χ3n) is 4.16. The highest BCUT2D eigenvalue weighted by Crippen LogP contribution is 2.25. The normalized spacial score (nSPS) is 10.3. The van der Waals surface area contributed by atoms with Gasteiger partial charge in [0.1, 0.15) is 11.5 Å². The van der Waals surface area contributed by atoms with Gasteiger partial charge < -0.3 is 18.9 Å². The molecule has 3 rings (SSSR count). The zero-order valence-corrected chi connectivity index (χ0v) is 16.2. The van der Waals surface area contributed by atoms with Crippen molar-refractivity contribution in [2.45, 2.75) is 0 Å². The number of ketones is 1. The van der Waals surface area contributed by atoms with Crippen LogP contribution in [0.2, 0.25) is 0 Å². The van der Waals surface area contributed by atoms with Crippen LogP contribution in [0.1, 0.15) is 20.8 Å². The van der Waals surface area contributed by atoms with Gasteiger partial charge in [0.05, 0.1) is 38.8 Å². The van der Waals surface area contributed by atoms with Crippen molar-refractivity contribution in [1.82, 2.24) is 9.78 Å². The number of ether oxygens (including phenoxy) is 4. The topological polar surface area (TPSA) is 88.9 Å². The molecule has 0 aliphatic rings. The average molecular weight is 396 g/mol. The van der Waals surface area contributed by atoms with E-state index in [4.69, 9.17) is 18.9 Å². The van der Waals surface area contributed by atoms with E-state index in [1.54, 1.807) is 18.3 Å². The van der Waals surface area contributed by atoms with Gasteiger partial charge in [-0.05, 0) is 30.3 Å². The van der Waals surface area contributed by atoms with E-state index in [9.17, 15) is 9.59 Å². The Bertz CT molecular complexity index is 1010. The summed E-state index contributed by atoms with van der Waals surface area (Å²) in [7, 11) is 4.37. The van der Waals surface area contributed by atoms with Crippen molar-refractivity contribution < 1.29 is 28.5 Å². The standard InChI is InChI=1S/C21H20N2O6/c1-26-15-9-10-18(27-2)16(11-15)17(24)13-29-21(25)20-19(28-3)12-23(22-20)14-7-5-4-6-8-14/h4-12H,13H2,1-3H3. The number of carbonyl (C=O) groups is 2. The Morgan fingerprint density at radius 1 is 0.931 bits per heavy atom. The smallest absolute Gasteiger partial charge is 0.363 e. The summed E-state index contributed by atoms with van der Waals surface area (Å²) in [5.74, 6) is -0.117. The third-order valence-corrected chi connectivity index (χ3v) is 4.16. The quantitative estimate of drug-likeness (QED) is 0.427. The number of methoxy groups -OCH3 is 3. The average Bonchev–Trinajstić information content (AvgIpc) is 3.22. The van der Waals surface area contributed by atoms with Crippen LogP contribution in [-0.4, -0.2) is 49.5 Å². The lowest BCUT2D eigenvalue weighted by molar-refractivity contribution is 0.0464. The lowest BCUT2D eigenvalue weighted by Crippen LogP contribution is -2.16. The zero-order valence-electron chi connectivity index (χ0n) is 16.2. The Morgan fingerprint density at radius 2 is 1.66 bits per heavy atom. The number of nitrogens with zero attached hydrogens (tertiary/aromatic N) is 2. The van der Waals surface area contributed by atoms with Crippen molar-refractivity contribution in [3.05, 3.63) is 66.0 Å². The Balaban J connectivity index is 1.76. The van der Waals surface area contributed by atoms with E-state index in [1.165, 1.54) is 32.1 Å². The fourth-order valence-corrected chi connectivity index (χ4v) is 2.67. The first-order valence-electron chi connectivity index (χ1n) is 8.68. The third kappa shape index (κ3) is 4.37. The van der Waals surface area contributed by atoms with Crippen LogP contribution >= 0.6 is 0 Å². The molecule has 0 spiro atoms. The van der Waals surface area contributed by atoms with Crippen molar-refractivity contribution in [3.63, 3.8) is 0 Å². The molecule has 0 saturated carbocycles. The number of hydrogen-bond acceptors (Lipinski definition) is 7. The van der Waals surface area contributed by atoms with Crippen molar-refractivity contribution >= 4 is 11.8 Å². The molecule has 8 heteroatoms. The minimum atomic E-state index is -0.772. The van der Waals surface area contributed by atoms with Gasteiger partial charge in [-0.15, -0.1) is 0 Å². The Labute approximate surface area is 167 Å². The number of carbonyl (C=O) groups excluding carboxylic acids is 2. The molecule has 0 saturated heterocycles. The van der Waals surface area contributed by atoms with E-state index in [0.29, 0.717) is 11.5 Å². The van der Waals surface area contributed by atoms with Gasteiger partial charge in [0, 0.05) is 0 Å². The molecule has 8 nitrogen and oxygen atoms in total. The van der Waals surface area contributed by atoms with Crippen LogP contribution in [0.3, 0.4) is 0 Å². The van der Waals surface area contributed by atoms with Crippen LogP contribution in [0.5, 0.6) is 17.2 Å². The SMILES string of the molecule is COc1ccc(OC)c(C(=O)COC(=O)c2nn(-c3ccccc3)cc2OC)c1. The summed E-state index contributed by atoms with van der Waals surface area (Å²) in [5.41, 5.74) is 0.977. The second kappa shape index (κ2) is 8.92. The molecule has 0 aliphatic heterocycles. The second-order valence-corrected chi connectivity index (χ2v) is 5.89. The van der Waals surface area contributed by atoms with Gasteiger partial charge in [-0.1, -0.05) is 18.2 Å². The van der Waals surface area contributed by atoms with Gasteiger partial charge >= 0.3 is 5.97 Å². The van der Waals surface area contributed by atoms with Crippen LogP contribution < -0.4 is 14.2 Å². The van der Waals surface area contributed by atoms with Crippen molar-refractivity contribution in [3.8, 4) is 22.9 Å². The highest BCUT2D eigenvalue weighted by Gasteiger charge is 2.22. The summed E-state index contributed by atoms with van der Waals surface area (Å²) in [6.45, 7) is -0.482. The molecular weight excluding hydrogens is 376 g/mol. The molecular formula is C21H20N2O6. The monoisotopic (exact) mass is 396 g/mol. The number of benzene rings is 2. The number of esters is 1. The molecule has 0 aliphatic carbocycles. The molecule has 150 valence electrons. The fourth-order valence-electron chi connectivity index (χ4n) is 2.67. The summed E-state index contributed by atoms with van der Waals surface area (Å²) in [6.07, 6.45) is 1.57. The maximum atomic E-state index is 12.5. The minimum absolute atomic E-state index is 0.0261. The lowest BCUT2D eigenvalue weighted by atomic mass is 10.1. The van der Waals surface area contributed by atoms with Gasteiger partial charge in [0.25, 0.3) is 0 Å². The van der Waals surface area contributed by atoms with E-state index in [2.05, 4.69) is 5.10 Å². The van der Waals surface area contributed by atoms with E-state index in [-0.39, 0.29) is 17.0 Å². The van der Waals surface area contributed by atoms with E-state index in [0.717, 1.165) is 5.69 Å². The largest absolute Gasteiger partial charge is 0.497 e. The van der Waals surface area contributed by atoms with Crippen molar-refractivity contribution in [2.75, 3.05) is 27.9 Å². The number of Topliss-reactive ketones (excluding diaryl/α,β-unsaturated/α-hetero) is 1. The highest BCUT2D eigenvalue weighted by molar-refractivity contribution is 6.01. The number of para-hydroxylation sites is 1. The molecule has 3 aromatic rings. The molecule has 1 heterocycles. The van der Waals surface area contributed by atoms with Crippen LogP contribution in [0.4, 0.5) is 0 Å². The maximum absolute atomic E-state index is 12.5. The summed E-state index contributed by atoms with van der Waals surface area (Å²) in [5, 5.41) is 4.22. The van der Waals surface area contributed by atoms with Crippen LogP contribution in [0, 0.1) is 0 Å². The molecule has 1 aromatic heterocycles. The molecule has 0 atom stereocenters. The van der Waals surface area contributed by atoms with Gasteiger partial charge in [-0.25, -0.2) is 9.48 Å². The van der Waals surface area contributed by atoms with E-state index >= 15 is 0 Å². The van der Waals surface area contributed by atoms with Crippen molar-refractivity contribution in [1.29, 1.82) is 0 Å². The van der Waals surface area contributed by atoms with Gasteiger partial charge in [0.2, 0.25) is 11.5 Å². The van der Waals surface area contributed by atoms with E-state index < -0.39 is 18.4 Å². The first kappa shape index (κ1) is 19.9. The molecule has 0 N–H and O–H groups in total. The lowest BCUT2D eigenvalue weighted by Gasteiger charge is -2.10. The molecule has 29 heavy (non-hydrogen) atoms. The fraction of sp³-hybridized carbons (Fsp3) is 0.190. The summed E-state index contributed by atoms with van der Waals surface area (Å²) >= 11 is 0. The number of hydrogen-bond donors (Lipinski definition) is 0. The van der Waals surface area contributed by atoms with Gasteiger partial charge in [0.15, 0.2) is 12.4 Å². The Kier molecular flexibility index (Phi) is 6.13. The molecule has 0 amide bonds. The minimum Gasteiger partial charge on any atom is -0.497 e. The van der Waals surface area contributed by atoms with Crippen LogP contribution in [-0.2, 0) is 4.74 Å². The van der Waals surface area contributed by atoms with Crippen LogP contribution in [0.15, 0.2) is 54.7 Å². The molecule has 0 radical (unpaired) electrons. The predicted octanol–water partition coefficient (Wildman–Crippen LogP) is 2.94. The van der Waals surface area contributed by atoms with Gasteiger partial charge in [-0.2, -0.15) is 5.10 Å². The second-order valence-electron chi connectivity index (χ2n) is 5.89. The summed E-state index contributed by atoms with van der Waals surface area (Å²) in [4.78, 5) is 25.0. The molecule has 0 fully saturated rings. The molecule has 0 bridgehead atoms. The maximum Gasteiger partial charge on any atom is 0.363 e. The Hall–Kier alpha value is -3.81. The predicted molar refractivity (Wildman–Crippen MR) is 104 cm³/mol. The molecule has 2 aromatic carbocycles. The van der Waals surface area contributed by atoms with Gasteiger partial charge in [-0.3, -0.25) is 4.79 Å². The first-order valence-corrected chi connectivity index (χ1v) is 8.68. The van der Waals surface area contributed by atoms with Crippen LogP contribution in [0.25, 0.3) is 5.69 Å².